The Kier molecular flexibility index (Phi) is 6.76. The van der Waals surface area contributed by atoms with Gasteiger partial charge in [0.25, 0.3) is 0 Å². The Hall–Kier alpha value is -3.35. The van der Waals surface area contributed by atoms with Gasteiger partial charge >= 0.3 is 0 Å². The van der Waals surface area contributed by atoms with Crippen molar-refractivity contribution in [2.24, 2.45) is 11.1 Å². The Morgan fingerprint density at radius 1 is 1.15 bits per heavy atom. The lowest BCUT2D eigenvalue weighted by Crippen LogP contribution is -2.52. The van der Waals surface area contributed by atoms with Gasteiger partial charge in [-0.05, 0) is 25.8 Å². The molecule has 6 N–H and O–H groups in total. The molecule has 6 atom stereocenters. The quantitative estimate of drug-likeness (QED) is 0.293. The van der Waals surface area contributed by atoms with Gasteiger partial charge in [0.2, 0.25) is 5.78 Å². The summed E-state index contributed by atoms with van der Waals surface area (Å²) in [7, 11) is 1.35. The first-order chi connectivity index (χ1) is 18.4. The molecule has 0 spiro atoms. The number of fused-ring (bicyclic) bond motifs is 3. The van der Waals surface area contributed by atoms with Crippen LogP contribution in [0.4, 0.5) is 0 Å². The second kappa shape index (κ2) is 9.68. The molecule has 2 aromatic rings. The maximum Gasteiger partial charge on any atom is 0.202 e. The summed E-state index contributed by atoms with van der Waals surface area (Å²) in [5, 5.41) is 42.8. The largest absolute Gasteiger partial charge is 0.507 e. The van der Waals surface area contributed by atoms with Gasteiger partial charge in [-0.15, -0.1) is 0 Å². The molecule has 2 aromatic carbocycles. The van der Waals surface area contributed by atoms with Crippen LogP contribution in [0.3, 0.4) is 0 Å². The third kappa shape index (κ3) is 4.12. The number of methoxy groups -OCH3 is 1. The van der Waals surface area contributed by atoms with E-state index in [0.29, 0.717) is 0 Å². The van der Waals surface area contributed by atoms with Crippen molar-refractivity contribution in [1.29, 1.82) is 0 Å². The van der Waals surface area contributed by atoms with E-state index in [1.54, 1.807) is 13.8 Å². The molecule has 0 aromatic heterocycles. The van der Waals surface area contributed by atoms with Crippen LogP contribution in [0.15, 0.2) is 18.2 Å². The number of ether oxygens (including phenoxy) is 3. The highest BCUT2D eigenvalue weighted by atomic mass is 16.7. The molecular weight excluding hydrogens is 510 g/mol. The molecule has 1 heterocycles. The maximum absolute atomic E-state index is 13.7. The normalized spacial score (nSPS) is 29.8. The van der Waals surface area contributed by atoms with Crippen LogP contribution in [0.2, 0.25) is 0 Å². The highest BCUT2D eigenvalue weighted by Crippen LogP contribution is 2.54. The van der Waals surface area contributed by atoms with Gasteiger partial charge in [0, 0.05) is 34.6 Å². The lowest BCUT2D eigenvalue weighted by Gasteiger charge is -2.42. The van der Waals surface area contributed by atoms with Crippen LogP contribution < -0.4 is 10.5 Å². The van der Waals surface area contributed by atoms with E-state index in [9.17, 15) is 34.8 Å². The van der Waals surface area contributed by atoms with Gasteiger partial charge in [-0.25, -0.2) is 0 Å². The molecule has 5 rings (SSSR count). The van der Waals surface area contributed by atoms with E-state index in [2.05, 4.69) is 0 Å². The fourth-order valence-electron chi connectivity index (χ4n) is 5.99. The molecule has 11 heteroatoms. The summed E-state index contributed by atoms with van der Waals surface area (Å²) in [6, 6.07) is 3.82. The van der Waals surface area contributed by atoms with Crippen molar-refractivity contribution in [3.63, 3.8) is 0 Å². The van der Waals surface area contributed by atoms with Crippen molar-refractivity contribution in [2.45, 2.75) is 63.8 Å². The third-order valence-electron chi connectivity index (χ3n) is 8.17. The summed E-state index contributed by atoms with van der Waals surface area (Å²) < 4.78 is 17.3. The number of phenolic OH excluding ortho intramolecular Hbond substituents is 2. The molecule has 1 unspecified atom stereocenters. The Labute approximate surface area is 224 Å². The van der Waals surface area contributed by atoms with Gasteiger partial charge in [-0.2, -0.15) is 0 Å². The van der Waals surface area contributed by atoms with Gasteiger partial charge < -0.3 is 40.4 Å². The Bertz CT molecular complexity index is 1380. The number of hydrogen-bond acceptors (Lipinski definition) is 11. The first kappa shape index (κ1) is 27.2. The van der Waals surface area contributed by atoms with Crippen LogP contribution in [0.1, 0.15) is 75.8 Å². The molecule has 0 bridgehead atoms. The molecule has 208 valence electrons. The van der Waals surface area contributed by atoms with Gasteiger partial charge in [0.1, 0.15) is 23.9 Å². The Morgan fingerprint density at radius 2 is 1.85 bits per heavy atom. The van der Waals surface area contributed by atoms with Crippen molar-refractivity contribution < 1.29 is 49.0 Å². The molecule has 1 fully saturated rings. The smallest absolute Gasteiger partial charge is 0.202 e. The third-order valence-corrected chi connectivity index (χ3v) is 8.17. The molecule has 0 saturated carbocycles. The lowest BCUT2D eigenvalue weighted by atomic mass is 9.67. The average Bonchev–Trinajstić information content (AvgIpc) is 2.90. The molecule has 2 aliphatic carbocycles. The van der Waals surface area contributed by atoms with Gasteiger partial charge in [0.15, 0.2) is 17.9 Å². The molecule has 0 radical (unpaired) electrons. The number of aromatic hydroxyl groups is 2. The number of Topliss-reactive ketones (excluding diaryl/α,β-unsaturated/α-hetero) is 1. The number of hydrogen-bond donors (Lipinski definition) is 5. The summed E-state index contributed by atoms with van der Waals surface area (Å²) in [6.07, 6.45) is -3.68. The predicted molar refractivity (Wildman–Crippen MR) is 135 cm³/mol. The molecule has 1 saturated heterocycles. The number of aliphatic hydroxyl groups is 2. The van der Waals surface area contributed by atoms with Crippen LogP contribution in [0, 0.1) is 5.41 Å². The topological polar surface area (TPSA) is 186 Å². The zero-order chi connectivity index (χ0) is 28.4. The van der Waals surface area contributed by atoms with E-state index >= 15 is 0 Å². The van der Waals surface area contributed by atoms with E-state index in [-0.39, 0.29) is 58.4 Å². The van der Waals surface area contributed by atoms with Crippen molar-refractivity contribution in [1.82, 2.24) is 0 Å². The summed E-state index contributed by atoms with van der Waals surface area (Å²) in [4.78, 5) is 40.1. The Morgan fingerprint density at radius 3 is 2.49 bits per heavy atom. The number of aliphatic hydroxyl groups excluding tert-OH is 2. The second-order valence-electron chi connectivity index (χ2n) is 10.7. The maximum atomic E-state index is 13.7. The fourth-order valence-corrected chi connectivity index (χ4v) is 5.99. The number of benzene rings is 2. The van der Waals surface area contributed by atoms with E-state index < -0.39 is 71.5 Å². The number of carbonyl (C=O) groups excluding carboxylic acids is 3. The highest BCUT2D eigenvalue weighted by molar-refractivity contribution is 6.31. The van der Waals surface area contributed by atoms with E-state index in [0.717, 1.165) is 0 Å². The van der Waals surface area contributed by atoms with Gasteiger partial charge in [0.05, 0.1) is 42.1 Å². The highest BCUT2D eigenvalue weighted by Gasteiger charge is 2.48. The second-order valence-corrected chi connectivity index (χ2v) is 10.7. The standard InChI is InChI=1S/C28H31NO10/c1-11-23(32)14(29)7-18(38-11)39-16-9-28(2,17(31)10-30)8-13-20(16)27(36)22-21(25(13)34)24(33)12-5-4-6-15(37-3)19(12)26(22)35/h4-6,11,14,16,18,23,30,32,34,36H,7-10,29H2,1-3H3/t11-,14-,16-,18-,23?,28+/m0/s1. The number of carbonyl (C=O) groups is 3. The zero-order valence-corrected chi connectivity index (χ0v) is 21.8. The van der Waals surface area contributed by atoms with E-state index in [4.69, 9.17) is 19.9 Å². The average molecular weight is 542 g/mol. The number of nitrogens with two attached hydrogens (primary N) is 1. The summed E-state index contributed by atoms with van der Waals surface area (Å²) in [6.45, 7) is 2.45. The first-order valence-electron chi connectivity index (χ1n) is 12.7. The number of ketones is 3. The van der Waals surface area contributed by atoms with Crippen LogP contribution in [0.25, 0.3) is 0 Å². The van der Waals surface area contributed by atoms with E-state index in [1.807, 2.05) is 0 Å². The SMILES string of the molecule is COc1cccc2c1C(=O)c1c(O)c3c(c(O)c1C2=O)C[C@@](C)(C(=O)CO)C[C@@H]3O[C@H]1C[C@H](N)C(O)[C@H](C)O1. The van der Waals surface area contributed by atoms with Crippen LogP contribution in [-0.2, 0) is 20.7 Å². The molecule has 3 aliphatic rings. The monoisotopic (exact) mass is 541 g/mol. The van der Waals surface area contributed by atoms with Crippen molar-refractivity contribution in [3.05, 3.63) is 51.6 Å². The van der Waals surface area contributed by atoms with Crippen LogP contribution in [0.5, 0.6) is 17.2 Å². The number of rotatable bonds is 5. The van der Waals surface area contributed by atoms with Gasteiger partial charge in [-0.3, -0.25) is 14.4 Å². The lowest BCUT2D eigenvalue weighted by molar-refractivity contribution is -0.245. The zero-order valence-electron chi connectivity index (χ0n) is 21.8. The molecule has 1 aliphatic heterocycles. The molecule has 39 heavy (non-hydrogen) atoms. The van der Waals surface area contributed by atoms with Gasteiger partial charge in [-0.1, -0.05) is 19.1 Å². The predicted octanol–water partition coefficient (Wildman–Crippen LogP) is 1.28. The van der Waals surface area contributed by atoms with Crippen LogP contribution >= 0.6 is 0 Å². The number of phenols is 2. The van der Waals surface area contributed by atoms with Crippen molar-refractivity contribution >= 4 is 17.3 Å². The summed E-state index contributed by atoms with van der Waals surface area (Å²) in [5.41, 5.74) is 4.14. The molecular formula is C28H31NO10. The summed E-state index contributed by atoms with van der Waals surface area (Å²) >= 11 is 0. The first-order valence-corrected chi connectivity index (χ1v) is 12.7. The van der Waals surface area contributed by atoms with Crippen molar-refractivity contribution in [3.8, 4) is 17.2 Å². The van der Waals surface area contributed by atoms with Crippen molar-refractivity contribution in [2.75, 3.05) is 13.7 Å². The molecule has 0 amide bonds. The summed E-state index contributed by atoms with van der Waals surface area (Å²) in [5.74, 6) is -2.88. The minimum atomic E-state index is -1.24. The minimum absolute atomic E-state index is 0.0106. The minimum Gasteiger partial charge on any atom is -0.507 e. The van der Waals surface area contributed by atoms with E-state index in [1.165, 1.54) is 25.3 Å². The Balaban J connectivity index is 1.69. The van der Waals surface area contributed by atoms with Crippen LogP contribution in [-0.4, -0.2) is 76.0 Å². The molecule has 11 nitrogen and oxygen atoms in total. The fraction of sp³-hybridized carbons (Fsp3) is 0.464.